The smallest absolute Gasteiger partial charge is 0.338 e. The summed E-state index contributed by atoms with van der Waals surface area (Å²) in [6.45, 7) is 1.32. The summed E-state index contributed by atoms with van der Waals surface area (Å²) in [4.78, 5) is 12.4. The van der Waals surface area contributed by atoms with Crippen molar-refractivity contribution in [3.63, 3.8) is 0 Å². The molecule has 0 bridgehead atoms. The molecule has 0 radical (unpaired) electrons. The summed E-state index contributed by atoms with van der Waals surface area (Å²) >= 11 is 0. The van der Waals surface area contributed by atoms with E-state index in [0.29, 0.717) is 12.2 Å². The lowest BCUT2D eigenvalue weighted by atomic mass is 10.0. The molecule has 0 aliphatic rings. The minimum atomic E-state index is -0.222. The number of rotatable bonds is 12. The van der Waals surface area contributed by atoms with Crippen LogP contribution in [0.15, 0.2) is 54.6 Å². The van der Waals surface area contributed by atoms with Gasteiger partial charge in [0, 0.05) is 0 Å². The fourth-order valence-corrected chi connectivity index (χ4v) is 3.80. The van der Waals surface area contributed by atoms with Gasteiger partial charge in [-0.1, -0.05) is 75.3 Å². The van der Waals surface area contributed by atoms with Crippen LogP contribution in [0.25, 0.3) is 21.5 Å². The van der Waals surface area contributed by atoms with Crippen LogP contribution in [0, 0.1) is 0 Å². The van der Waals surface area contributed by atoms with Crippen molar-refractivity contribution in [2.45, 2.75) is 57.8 Å². The molecule has 2 N–H and O–H groups in total. The molecule has 0 saturated heterocycles. The van der Waals surface area contributed by atoms with Crippen LogP contribution in [0.1, 0.15) is 68.1 Å². The molecular formula is C26H33NO2. The maximum atomic E-state index is 12.4. The Morgan fingerprint density at radius 1 is 0.655 bits per heavy atom. The van der Waals surface area contributed by atoms with Gasteiger partial charge in [-0.15, -0.1) is 0 Å². The molecule has 0 aliphatic heterocycles. The van der Waals surface area contributed by atoms with Gasteiger partial charge < -0.3 is 10.5 Å². The Bertz CT molecular complexity index is 919. The Hall–Kier alpha value is -2.39. The zero-order valence-corrected chi connectivity index (χ0v) is 17.4. The average molecular weight is 392 g/mol. The van der Waals surface area contributed by atoms with Crippen molar-refractivity contribution < 1.29 is 9.53 Å². The maximum absolute atomic E-state index is 12.4. The summed E-state index contributed by atoms with van der Waals surface area (Å²) in [5, 5.41) is 4.61. The van der Waals surface area contributed by atoms with Gasteiger partial charge in [-0.05, 0) is 65.2 Å². The Morgan fingerprint density at radius 2 is 1.21 bits per heavy atom. The fraction of sp³-hybridized carbons (Fsp3) is 0.423. The van der Waals surface area contributed by atoms with Crippen LogP contribution in [0.4, 0.5) is 0 Å². The van der Waals surface area contributed by atoms with E-state index in [-0.39, 0.29) is 5.97 Å². The molecule has 3 nitrogen and oxygen atoms in total. The number of hydrogen-bond acceptors (Lipinski definition) is 3. The van der Waals surface area contributed by atoms with Crippen LogP contribution in [0.3, 0.4) is 0 Å². The molecule has 154 valence electrons. The van der Waals surface area contributed by atoms with E-state index in [1.165, 1.54) is 49.3 Å². The lowest BCUT2D eigenvalue weighted by Crippen LogP contribution is -2.06. The first kappa shape index (κ1) is 21.3. The van der Waals surface area contributed by atoms with Crippen LogP contribution >= 0.6 is 0 Å². The minimum absolute atomic E-state index is 0.222. The Labute approximate surface area is 174 Å². The Kier molecular flexibility index (Phi) is 8.51. The number of unbranched alkanes of at least 4 members (excludes halogenated alkanes) is 8. The van der Waals surface area contributed by atoms with Crippen molar-refractivity contribution >= 4 is 27.5 Å². The van der Waals surface area contributed by atoms with Crippen LogP contribution in [-0.2, 0) is 4.74 Å². The van der Waals surface area contributed by atoms with Crippen molar-refractivity contribution in [2.24, 2.45) is 5.73 Å². The van der Waals surface area contributed by atoms with Crippen molar-refractivity contribution in [3.05, 3.63) is 60.2 Å². The number of fused-ring (bicyclic) bond motifs is 2. The van der Waals surface area contributed by atoms with Crippen molar-refractivity contribution in [3.8, 4) is 0 Å². The molecular weight excluding hydrogens is 358 g/mol. The predicted molar refractivity (Wildman–Crippen MR) is 122 cm³/mol. The SMILES string of the molecule is NCCCCCCCCCCCOC(=O)c1ccc2cc3ccccc3cc2c1. The van der Waals surface area contributed by atoms with Gasteiger partial charge in [0.05, 0.1) is 12.2 Å². The van der Waals surface area contributed by atoms with E-state index in [0.717, 1.165) is 36.6 Å². The van der Waals surface area contributed by atoms with Gasteiger partial charge in [0.15, 0.2) is 0 Å². The first-order chi connectivity index (χ1) is 14.3. The molecule has 3 heteroatoms. The van der Waals surface area contributed by atoms with Gasteiger partial charge in [0.1, 0.15) is 0 Å². The predicted octanol–water partition coefficient (Wildman–Crippen LogP) is 6.62. The lowest BCUT2D eigenvalue weighted by Gasteiger charge is -2.07. The van der Waals surface area contributed by atoms with E-state index in [1.807, 2.05) is 30.3 Å². The number of carbonyl (C=O) groups excluding carboxylic acids is 1. The van der Waals surface area contributed by atoms with Crippen molar-refractivity contribution in [1.82, 2.24) is 0 Å². The highest BCUT2D eigenvalue weighted by Gasteiger charge is 2.08. The summed E-state index contributed by atoms with van der Waals surface area (Å²) < 4.78 is 5.49. The van der Waals surface area contributed by atoms with E-state index in [4.69, 9.17) is 10.5 Å². The van der Waals surface area contributed by atoms with Gasteiger partial charge >= 0.3 is 5.97 Å². The Morgan fingerprint density at radius 3 is 1.86 bits per heavy atom. The molecule has 0 amide bonds. The first-order valence-electron chi connectivity index (χ1n) is 11.1. The van der Waals surface area contributed by atoms with Crippen LogP contribution < -0.4 is 5.73 Å². The Balaban J connectivity index is 1.38. The van der Waals surface area contributed by atoms with Crippen LogP contribution in [-0.4, -0.2) is 19.1 Å². The molecule has 0 aliphatic carbocycles. The van der Waals surface area contributed by atoms with Crippen LogP contribution in [0.2, 0.25) is 0 Å². The third-order valence-electron chi connectivity index (χ3n) is 5.52. The normalized spacial score (nSPS) is 11.2. The molecule has 29 heavy (non-hydrogen) atoms. The average Bonchev–Trinajstić information content (AvgIpc) is 2.75. The molecule has 0 heterocycles. The zero-order valence-electron chi connectivity index (χ0n) is 17.4. The second kappa shape index (κ2) is 11.6. The fourth-order valence-electron chi connectivity index (χ4n) is 3.80. The number of nitrogens with two attached hydrogens (primary N) is 1. The van der Waals surface area contributed by atoms with Gasteiger partial charge in [0.25, 0.3) is 0 Å². The standard InChI is InChI=1S/C26H33NO2/c27-16-10-6-4-2-1-3-5-7-11-17-29-26(28)24-15-14-23-18-21-12-8-9-13-22(21)19-25(23)20-24/h8-9,12-15,18-20H,1-7,10-11,16-17,27H2. The summed E-state index contributed by atoms with van der Waals surface area (Å²) in [6, 6.07) is 18.4. The topological polar surface area (TPSA) is 52.3 Å². The highest BCUT2D eigenvalue weighted by Crippen LogP contribution is 2.24. The van der Waals surface area contributed by atoms with E-state index in [2.05, 4.69) is 24.3 Å². The highest BCUT2D eigenvalue weighted by molar-refractivity contribution is 6.01. The van der Waals surface area contributed by atoms with Gasteiger partial charge in [0.2, 0.25) is 0 Å². The summed E-state index contributed by atoms with van der Waals surface area (Å²) in [7, 11) is 0. The summed E-state index contributed by atoms with van der Waals surface area (Å²) in [6.07, 6.45) is 10.9. The number of ether oxygens (including phenoxy) is 1. The van der Waals surface area contributed by atoms with E-state index in [9.17, 15) is 4.79 Å². The van der Waals surface area contributed by atoms with Crippen molar-refractivity contribution in [2.75, 3.05) is 13.2 Å². The molecule has 0 fully saturated rings. The monoisotopic (exact) mass is 391 g/mol. The second-order valence-corrected chi connectivity index (χ2v) is 7.87. The molecule has 0 saturated carbocycles. The van der Waals surface area contributed by atoms with Gasteiger partial charge in [-0.25, -0.2) is 4.79 Å². The third-order valence-corrected chi connectivity index (χ3v) is 5.52. The highest BCUT2D eigenvalue weighted by atomic mass is 16.5. The first-order valence-corrected chi connectivity index (χ1v) is 11.1. The van der Waals surface area contributed by atoms with Crippen molar-refractivity contribution in [1.29, 1.82) is 0 Å². The quantitative estimate of drug-likeness (QED) is 0.214. The third kappa shape index (κ3) is 6.57. The van der Waals surface area contributed by atoms with Gasteiger partial charge in [-0.3, -0.25) is 0 Å². The second-order valence-electron chi connectivity index (χ2n) is 7.87. The van der Waals surface area contributed by atoms with Crippen LogP contribution in [0.5, 0.6) is 0 Å². The van der Waals surface area contributed by atoms with E-state index in [1.54, 1.807) is 0 Å². The molecule has 0 atom stereocenters. The number of esters is 1. The molecule has 0 unspecified atom stereocenters. The van der Waals surface area contributed by atoms with E-state index >= 15 is 0 Å². The summed E-state index contributed by atoms with van der Waals surface area (Å²) in [5.74, 6) is -0.222. The molecule has 3 aromatic rings. The molecule has 0 aromatic heterocycles. The lowest BCUT2D eigenvalue weighted by molar-refractivity contribution is 0.0498. The molecule has 0 spiro atoms. The number of hydrogen-bond donors (Lipinski definition) is 1. The summed E-state index contributed by atoms with van der Waals surface area (Å²) in [5.41, 5.74) is 6.13. The molecule has 3 aromatic carbocycles. The maximum Gasteiger partial charge on any atom is 0.338 e. The number of benzene rings is 3. The zero-order chi connectivity index (χ0) is 20.3. The molecule has 3 rings (SSSR count). The number of carbonyl (C=O) groups is 1. The minimum Gasteiger partial charge on any atom is -0.462 e. The van der Waals surface area contributed by atoms with Gasteiger partial charge in [-0.2, -0.15) is 0 Å². The van der Waals surface area contributed by atoms with E-state index < -0.39 is 0 Å². The largest absolute Gasteiger partial charge is 0.462 e.